The zero-order valence-electron chi connectivity index (χ0n) is 12.9. The quantitative estimate of drug-likeness (QED) is 0.877. The van der Waals surface area contributed by atoms with Crippen LogP contribution in [0, 0.1) is 5.41 Å². The molecule has 118 valence electrons. The number of hydrogen-bond acceptors (Lipinski definition) is 3. The van der Waals surface area contributed by atoms with Gasteiger partial charge in [-0.1, -0.05) is 26.0 Å². The zero-order valence-corrected chi connectivity index (χ0v) is 13.7. The van der Waals surface area contributed by atoms with E-state index in [4.69, 9.17) is 5.73 Å². The van der Waals surface area contributed by atoms with Crippen molar-refractivity contribution in [2.24, 2.45) is 11.1 Å². The fraction of sp³-hybridized carbons (Fsp3) is 0.625. The Bertz CT molecular complexity index is 554. The van der Waals surface area contributed by atoms with E-state index in [0.717, 1.165) is 37.7 Å². The Morgan fingerprint density at radius 1 is 1.19 bits per heavy atom. The Kier molecular flexibility index (Phi) is 5.07. The molecule has 3 N–H and O–H groups in total. The average Bonchev–Trinajstić information content (AvgIpc) is 2.42. The highest BCUT2D eigenvalue weighted by Gasteiger charge is 2.29. The Labute approximate surface area is 128 Å². The summed E-state index contributed by atoms with van der Waals surface area (Å²) < 4.78 is 27.6. The van der Waals surface area contributed by atoms with Gasteiger partial charge in [0.25, 0.3) is 0 Å². The van der Waals surface area contributed by atoms with Gasteiger partial charge in [0.15, 0.2) is 0 Å². The van der Waals surface area contributed by atoms with Gasteiger partial charge in [-0.2, -0.15) is 0 Å². The van der Waals surface area contributed by atoms with E-state index in [0.29, 0.717) is 16.9 Å². The van der Waals surface area contributed by atoms with E-state index in [1.807, 2.05) is 12.1 Å². The van der Waals surface area contributed by atoms with Crippen LogP contribution in [-0.2, 0) is 16.4 Å². The average molecular weight is 310 g/mol. The highest BCUT2D eigenvalue weighted by atomic mass is 32.2. The molecule has 1 aliphatic rings. The maximum atomic E-state index is 12.4. The highest BCUT2D eigenvalue weighted by molar-refractivity contribution is 7.89. The van der Waals surface area contributed by atoms with Gasteiger partial charge in [-0.05, 0) is 61.8 Å². The van der Waals surface area contributed by atoms with Crippen molar-refractivity contribution in [3.63, 3.8) is 0 Å². The van der Waals surface area contributed by atoms with Crippen molar-refractivity contribution in [1.29, 1.82) is 0 Å². The van der Waals surface area contributed by atoms with Gasteiger partial charge in [-0.15, -0.1) is 0 Å². The van der Waals surface area contributed by atoms with Crippen LogP contribution in [0.2, 0.25) is 0 Å². The standard InChI is InChI=1S/C16H26N2O2S/c1-16(2)10-7-14(8-11-16)18-21(19,20)15-5-3-13(4-6-15)9-12-17/h3-6,14,18H,7-12,17H2,1-2H3. The summed E-state index contributed by atoms with van der Waals surface area (Å²) >= 11 is 0. The molecule has 21 heavy (non-hydrogen) atoms. The van der Waals surface area contributed by atoms with E-state index in [9.17, 15) is 8.42 Å². The first-order valence-corrected chi connectivity index (χ1v) is 9.12. The summed E-state index contributed by atoms with van der Waals surface area (Å²) in [5.74, 6) is 0. The summed E-state index contributed by atoms with van der Waals surface area (Å²) in [6.45, 7) is 5.06. The predicted molar refractivity (Wildman–Crippen MR) is 85.6 cm³/mol. The highest BCUT2D eigenvalue weighted by Crippen LogP contribution is 2.35. The molecule has 1 aromatic rings. The molecule has 0 atom stereocenters. The van der Waals surface area contributed by atoms with Crippen LogP contribution in [0.1, 0.15) is 45.1 Å². The number of hydrogen-bond donors (Lipinski definition) is 2. The van der Waals surface area contributed by atoms with E-state index >= 15 is 0 Å². The lowest BCUT2D eigenvalue weighted by molar-refractivity contribution is 0.218. The SMILES string of the molecule is CC1(C)CCC(NS(=O)(=O)c2ccc(CCN)cc2)CC1. The maximum Gasteiger partial charge on any atom is 0.240 e. The Morgan fingerprint density at radius 2 is 1.76 bits per heavy atom. The first-order chi connectivity index (χ1) is 9.82. The minimum Gasteiger partial charge on any atom is -0.330 e. The van der Waals surface area contributed by atoms with Crippen LogP contribution in [0.25, 0.3) is 0 Å². The first kappa shape index (κ1) is 16.5. The molecule has 5 heteroatoms. The largest absolute Gasteiger partial charge is 0.330 e. The molecule has 2 rings (SSSR count). The van der Waals surface area contributed by atoms with Gasteiger partial charge in [-0.3, -0.25) is 0 Å². The van der Waals surface area contributed by atoms with E-state index < -0.39 is 10.0 Å². The molecule has 0 amide bonds. The van der Waals surface area contributed by atoms with Crippen LogP contribution < -0.4 is 10.5 Å². The zero-order chi connectivity index (χ0) is 15.5. The van der Waals surface area contributed by atoms with E-state index in [2.05, 4.69) is 18.6 Å². The Morgan fingerprint density at radius 3 is 2.29 bits per heavy atom. The van der Waals surface area contributed by atoms with Crippen molar-refractivity contribution in [1.82, 2.24) is 4.72 Å². The molecule has 0 saturated heterocycles. The molecular formula is C16H26N2O2S. The van der Waals surface area contributed by atoms with Gasteiger partial charge < -0.3 is 5.73 Å². The second kappa shape index (κ2) is 6.46. The Balaban J connectivity index is 2.01. The number of rotatable bonds is 5. The van der Waals surface area contributed by atoms with Gasteiger partial charge in [0, 0.05) is 6.04 Å². The number of nitrogens with one attached hydrogen (secondary N) is 1. The fourth-order valence-corrected chi connectivity index (χ4v) is 4.11. The lowest BCUT2D eigenvalue weighted by atomic mass is 9.76. The van der Waals surface area contributed by atoms with Gasteiger partial charge in [0.05, 0.1) is 4.90 Å². The van der Waals surface area contributed by atoms with Gasteiger partial charge in [0.1, 0.15) is 0 Å². The predicted octanol–water partition coefficient (Wildman–Crippen LogP) is 2.43. The van der Waals surface area contributed by atoms with Crippen molar-refractivity contribution in [3.8, 4) is 0 Å². The fourth-order valence-electron chi connectivity index (χ4n) is 2.81. The Hall–Kier alpha value is -0.910. The molecular weight excluding hydrogens is 284 g/mol. The molecule has 0 aromatic heterocycles. The molecule has 0 aliphatic heterocycles. The minimum atomic E-state index is -3.41. The summed E-state index contributed by atoms with van der Waals surface area (Å²) in [6.07, 6.45) is 4.73. The third kappa shape index (κ3) is 4.53. The minimum absolute atomic E-state index is 0.0618. The molecule has 0 heterocycles. The summed E-state index contributed by atoms with van der Waals surface area (Å²) in [4.78, 5) is 0.341. The second-order valence-corrected chi connectivity index (χ2v) is 8.46. The van der Waals surface area contributed by atoms with E-state index in [1.54, 1.807) is 12.1 Å². The molecule has 0 bridgehead atoms. The van der Waals surface area contributed by atoms with Crippen molar-refractivity contribution in [2.45, 2.75) is 56.9 Å². The summed E-state index contributed by atoms with van der Waals surface area (Å²) in [7, 11) is -3.41. The van der Waals surface area contributed by atoms with Gasteiger partial charge in [0.2, 0.25) is 10.0 Å². The smallest absolute Gasteiger partial charge is 0.240 e. The molecule has 0 radical (unpaired) electrons. The lowest BCUT2D eigenvalue weighted by Crippen LogP contribution is -2.39. The van der Waals surface area contributed by atoms with Crippen molar-refractivity contribution in [3.05, 3.63) is 29.8 Å². The summed E-state index contributed by atoms with van der Waals surface area (Å²) in [6, 6.07) is 7.07. The van der Waals surface area contributed by atoms with Crippen LogP contribution in [0.15, 0.2) is 29.2 Å². The first-order valence-electron chi connectivity index (χ1n) is 7.64. The maximum absolute atomic E-state index is 12.4. The second-order valence-electron chi connectivity index (χ2n) is 6.74. The van der Waals surface area contributed by atoms with Gasteiger partial charge >= 0.3 is 0 Å². The molecule has 0 spiro atoms. The van der Waals surface area contributed by atoms with Gasteiger partial charge in [-0.25, -0.2) is 13.1 Å². The molecule has 4 nitrogen and oxygen atoms in total. The topological polar surface area (TPSA) is 72.2 Å². The molecule has 1 fully saturated rings. The summed E-state index contributed by atoms with van der Waals surface area (Å²) in [5.41, 5.74) is 6.90. The summed E-state index contributed by atoms with van der Waals surface area (Å²) in [5, 5.41) is 0. The van der Waals surface area contributed by atoms with Crippen molar-refractivity contribution in [2.75, 3.05) is 6.54 Å². The van der Waals surface area contributed by atoms with Crippen LogP contribution in [0.3, 0.4) is 0 Å². The third-order valence-electron chi connectivity index (χ3n) is 4.33. The van der Waals surface area contributed by atoms with E-state index in [-0.39, 0.29) is 6.04 Å². The number of sulfonamides is 1. The van der Waals surface area contributed by atoms with Crippen molar-refractivity contribution < 1.29 is 8.42 Å². The molecule has 1 aromatic carbocycles. The van der Waals surface area contributed by atoms with Crippen LogP contribution in [0.5, 0.6) is 0 Å². The number of benzene rings is 1. The van der Waals surface area contributed by atoms with Crippen LogP contribution in [0.4, 0.5) is 0 Å². The van der Waals surface area contributed by atoms with Crippen LogP contribution in [-0.4, -0.2) is 21.0 Å². The number of nitrogens with two attached hydrogens (primary N) is 1. The van der Waals surface area contributed by atoms with Crippen LogP contribution >= 0.6 is 0 Å². The lowest BCUT2D eigenvalue weighted by Gasteiger charge is -2.34. The molecule has 1 aliphatic carbocycles. The van der Waals surface area contributed by atoms with E-state index in [1.165, 1.54) is 0 Å². The third-order valence-corrected chi connectivity index (χ3v) is 5.86. The molecule has 0 unspecified atom stereocenters. The molecule has 1 saturated carbocycles. The van der Waals surface area contributed by atoms with Crippen molar-refractivity contribution >= 4 is 10.0 Å². The monoisotopic (exact) mass is 310 g/mol. The normalized spacial score (nSPS) is 19.6.